The normalized spacial score (nSPS) is 19.4. The molecule has 1 saturated heterocycles. The van der Waals surface area contributed by atoms with E-state index in [1.165, 1.54) is 0 Å². The predicted octanol–water partition coefficient (Wildman–Crippen LogP) is 1.78. The molecule has 4 rings (SSSR count). The fourth-order valence-corrected chi connectivity index (χ4v) is 3.99. The number of nitrogens with one attached hydrogen (secondary N) is 2. The topological polar surface area (TPSA) is 99.7 Å². The molecule has 2 aliphatic heterocycles. The quantitative estimate of drug-likeness (QED) is 0.666. The van der Waals surface area contributed by atoms with Gasteiger partial charge in [-0.25, -0.2) is 19.6 Å². The Morgan fingerprint density at radius 3 is 2.47 bits per heavy atom. The summed E-state index contributed by atoms with van der Waals surface area (Å²) in [7, 11) is 0. The highest BCUT2D eigenvalue weighted by atomic mass is 16.5. The number of benzene rings is 1. The Balaban J connectivity index is 1.56. The maximum absolute atomic E-state index is 12.9. The molecule has 0 spiro atoms. The summed E-state index contributed by atoms with van der Waals surface area (Å²) in [5, 5.41) is 5.74. The van der Waals surface area contributed by atoms with Gasteiger partial charge in [0.2, 0.25) is 5.95 Å². The third-order valence-corrected chi connectivity index (χ3v) is 5.65. The molecule has 3 heterocycles. The Bertz CT molecular complexity index is 985. The second-order valence-corrected chi connectivity index (χ2v) is 7.87. The fraction of sp³-hybridized carbons (Fsp3) is 0.391. The lowest BCUT2D eigenvalue weighted by atomic mass is 9.94. The van der Waals surface area contributed by atoms with Crippen LogP contribution in [-0.4, -0.2) is 66.2 Å². The SMILES string of the molecule is CCOC(=O)C1=C(CN2CCN(c3ncccn3)CC2)NC(=O)N[C@H]1c1ccc(C)cc1. The molecule has 1 aromatic carbocycles. The van der Waals surface area contributed by atoms with Gasteiger partial charge in [-0.15, -0.1) is 0 Å². The first-order chi connectivity index (χ1) is 15.5. The zero-order valence-corrected chi connectivity index (χ0v) is 18.4. The molecule has 0 saturated carbocycles. The average Bonchev–Trinajstić information content (AvgIpc) is 2.80. The van der Waals surface area contributed by atoms with E-state index >= 15 is 0 Å². The number of nitrogens with zero attached hydrogens (tertiary/aromatic N) is 4. The van der Waals surface area contributed by atoms with Crippen molar-refractivity contribution < 1.29 is 14.3 Å². The van der Waals surface area contributed by atoms with Crippen LogP contribution in [0.15, 0.2) is 54.0 Å². The number of hydrogen-bond acceptors (Lipinski definition) is 7. The van der Waals surface area contributed by atoms with E-state index in [9.17, 15) is 9.59 Å². The Hall–Kier alpha value is -3.46. The molecule has 1 atom stereocenters. The second-order valence-electron chi connectivity index (χ2n) is 7.87. The standard InChI is InChI=1S/C23H28N6O3/c1-3-32-21(30)19-18(26-23(31)27-20(19)17-7-5-16(2)6-8-17)15-28-11-13-29(14-12-28)22-24-9-4-10-25-22/h4-10,20H,3,11-15H2,1-2H3,(H2,26,27,31)/t20-/m0/s1. The molecule has 9 nitrogen and oxygen atoms in total. The second kappa shape index (κ2) is 9.78. The maximum atomic E-state index is 12.9. The highest BCUT2D eigenvalue weighted by Crippen LogP contribution is 2.28. The summed E-state index contributed by atoms with van der Waals surface area (Å²) in [6, 6.07) is 8.72. The van der Waals surface area contributed by atoms with E-state index in [0.717, 1.165) is 37.3 Å². The van der Waals surface area contributed by atoms with E-state index in [-0.39, 0.29) is 12.6 Å². The van der Waals surface area contributed by atoms with Crippen LogP contribution in [0.25, 0.3) is 0 Å². The molecule has 168 valence electrons. The van der Waals surface area contributed by atoms with Crippen molar-refractivity contribution in [2.45, 2.75) is 19.9 Å². The molecule has 0 bridgehead atoms. The summed E-state index contributed by atoms with van der Waals surface area (Å²) >= 11 is 0. The first kappa shape index (κ1) is 21.8. The minimum Gasteiger partial charge on any atom is -0.463 e. The molecule has 1 fully saturated rings. The first-order valence-electron chi connectivity index (χ1n) is 10.8. The summed E-state index contributed by atoms with van der Waals surface area (Å²) in [5.74, 6) is 0.296. The van der Waals surface area contributed by atoms with Gasteiger partial charge in [-0.05, 0) is 25.5 Å². The van der Waals surface area contributed by atoms with Gasteiger partial charge in [-0.3, -0.25) is 4.90 Å². The number of aryl methyl sites for hydroxylation is 1. The number of piperazine rings is 1. The van der Waals surface area contributed by atoms with Gasteiger partial charge in [0, 0.05) is 50.8 Å². The van der Waals surface area contributed by atoms with E-state index < -0.39 is 12.0 Å². The van der Waals surface area contributed by atoms with Crippen LogP contribution in [0.1, 0.15) is 24.1 Å². The van der Waals surface area contributed by atoms with Crippen molar-refractivity contribution in [3.63, 3.8) is 0 Å². The van der Waals surface area contributed by atoms with Crippen LogP contribution in [0, 0.1) is 6.92 Å². The first-order valence-corrected chi connectivity index (χ1v) is 10.8. The molecule has 0 unspecified atom stereocenters. The zero-order chi connectivity index (χ0) is 22.5. The number of anilines is 1. The van der Waals surface area contributed by atoms with Crippen molar-refractivity contribution in [1.29, 1.82) is 0 Å². The average molecular weight is 437 g/mol. The molecular formula is C23H28N6O3. The van der Waals surface area contributed by atoms with Gasteiger partial charge in [-0.2, -0.15) is 0 Å². The Labute approximate surface area is 187 Å². The van der Waals surface area contributed by atoms with Crippen molar-refractivity contribution in [1.82, 2.24) is 25.5 Å². The third-order valence-electron chi connectivity index (χ3n) is 5.65. The fourth-order valence-electron chi connectivity index (χ4n) is 3.99. The van der Waals surface area contributed by atoms with Crippen LogP contribution in [0.3, 0.4) is 0 Å². The van der Waals surface area contributed by atoms with E-state index in [1.807, 2.05) is 31.2 Å². The van der Waals surface area contributed by atoms with Gasteiger partial charge in [-0.1, -0.05) is 29.8 Å². The number of aromatic nitrogens is 2. The molecule has 2 amide bonds. The van der Waals surface area contributed by atoms with Gasteiger partial charge in [0.15, 0.2) is 0 Å². The van der Waals surface area contributed by atoms with E-state index in [2.05, 4.69) is 30.4 Å². The minimum atomic E-state index is -0.558. The smallest absolute Gasteiger partial charge is 0.338 e. The number of carbonyl (C=O) groups is 2. The molecule has 0 aliphatic carbocycles. The monoisotopic (exact) mass is 436 g/mol. The van der Waals surface area contributed by atoms with Crippen LogP contribution in [0.2, 0.25) is 0 Å². The molecule has 2 N–H and O–H groups in total. The summed E-state index contributed by atoms with van der Waals surface area (Å²) in [6.07, 6.45) is 3.47. The summed E-state index contributed by atoms with van der Waals surface area (Å²) < 4.78 is 5.35. The van der Waals surface area contributed by atoms with Crippen molar-refractivity contribution >= 4 is 17.9 Å². The lowest BCUT2D eigenvalue weighted by molar-refractivity contribution is -0.139. The van der Waals surface area contributed by atoms with Crippen molar-refractivity contribution in [2.75, 3.05) is 44.2 Å². The summed E-state index contributed by atoms with van der Waals surface area (Å²) in [6.45, 7) is 7.54. The van der Waals surface area contributed by atoms with Gasteiger partial charge in [0.25, 0.3) is 0 Å². The highest BCUT2D eigenvalue weighted by molar-refractivity contribution is 5.95. The number of carbonyl (C=O) groups excluding carboxylic acids is 2. The van der Waals surface area contributed by atoms with E-state index in [0.29, 0.717) is 23.8 Å². The number of ether oxygens (including phenoxy) is 1. The number of esters is 1. The van der Waals surface area contributed by atoms with Gasteiger partial charge in [0.1, 0.15) is 0 Å². The van der Waals surface area contributed by atoms with E-state index in [1.54, 1.807) is 25.4 Å². The van der Waals surface area contributed by atoms with Crippen LogP contribution in [0.5, 0.6) is 0 Å². The largest absolute Gasteiger partial charge is 0.463 e. The zero-order valence-electron chi connectivity index (χ0n) is 18.4. The molecule has 9 heteroatoms. The van der Waals surface area contributed by atoms with Gasteiger partial charge >= 0.3 is 12.0 Å². The molecular weight excluding hydrogens is 408 g/mol. The summed E-state index contributed by atoms with van der Waals surface area (Å²) in [5.41, 5.74) is 2.99. The van der Waals surface area contributed by atoms with Crippen LogP contribution < -0.4 is 15.5 Å². The molecule has 32 heavy (non-hydrogen) atoms. The lowest BCUT2D eigenvalue weighted by Crippen LogP contribution is -2.52. The minimum absolute atomic E-state index is 0.264. The lowest BCUT2D eigenvalue weighted by Gasteiger charge is -2.37. The van der Waals surface area contributed by atoms with Crippen LogP contribution in [0.4, 0.5) is 10.7 Å². The van der Waals surface area contributed by atoms with E-state index in [4.69, 9.17) is 4.74 Å². The third kappa shape index (κ3) is 4.88. The highest BCUT2D eigenvalue weighted by Gasteiger charge is 2.34. The molecule has 0 radical (unpaired) electrons. The molecule has 2 aliphatic rings. The van der Waals surface area contributed by atoms with Crippen molar-refractivity contribution in [3.8, 4) is 0 Å². The number of rotatable bonds is 6. The Morgan fingerprint density at radius 1 is 1.12 bits per heavy atom. The van der Waals surface area contributed by atoms with Gasteiger partial charge < -0.3 is 20.3 Å². The number of urea groups is 1. The van der Waals surface area contributed by atoms with Crippen LogP contribution >= 0.6 is 0 Å². The Morgan fingerprint density at radius 2 is 1.81 bits per heavy atom. The predicted molar refractivity (Wildman–Crippen MR) is 120 cm³/mol. The van der Waals surface area contributed by atoms with Crippen molar-refractivity contribution in [3.05, 3.63) is 65.1 Å². The number of amides is 2. The molecule has 2 aromatic rings. The van der Waals surface area contributed by atoms with Crippen molar-refractivity contribution in [2.24, 2.45) is 0 Å². The van der Waals surface area contributed by atoms with Crippen LogP contribution in [-0.2, 0) is 9.53 Å². The Kier molecular flexibility index (Phi) is 6.65. The van der Waals surface area contributed by atoms with Gasteiger partial charge in [0.05, 0.1) is 18.2 Å². The molecule has 1 aromatic heterocycles. The summed E-state index contributed by atoms with van der Waals surface area (Å²) in [4.78, 5) is 38.4. The maximum Gasteiger partial charge on any atom is 0.338 e. The number of hydrogen-bond donors (Lipinski definition) is 2.